The molecule has 1 aliphatic rings. The molecule has 1 atom stereocenters. The predicted octanol–water partition coefficient (Wildman–Crippen LogP) is 1.49. The molecule has 1 aromatic heterocycles. The van der Waals surface area contributed by atoms with Gasteiger partial charge in [0.1, 0.15) is 0 Å². The van der Waals surface area contributed by atoms with Gasteiger partial charge in [-0.05, 0) is 25.1 Å². The third-order valence-corrected chi connectivity index (χ3v) is 5.63. The van der Waals surface area contributed by atoms with Gasteiger partial charge in [0.05, 0.1) is 37.0 Å². The second-order valence-corrected chi connectivity index (χ2v) is 7.37. The van der Waals surface area contributed by atoms with Crippen LogP contribution in [0.2, 0.25) is 0 Å². The molecule has 1 N–H and O–H groups in total. The zero-order chi connectivity index (χ0) is 21.1. The lowest BCUT2D eigenvalue weighted by atomic mass is 10.1. The number of thioether (sulfide) groups is 1. The number of amides is 1. The minimum Gasteiger partial charge on any atom is -0.465 e. The van der Waals surface area contributed by atoms with Crippen LogP contribution in [0.3, 0.4) is 0 Å². The molecule has 10 heteroatoms. The van der Waals surface area contributed by atoms with Crippen LogP contribution in [0, 0.1) is 12.8 Å². The first-order valence-corrected chi connectivity index (χ1v) is 9.65. The summed E-state index contributed by atoms with van der Waals surface area (Å²) < 4.78 is 10.9. The highest BCUT2D eigenvalue weighted by Crippen LogP contribution is 2.27. The fourth-order valence-electron chi connectivity index (χ4n) is 2.87. The van der Waals surface area contributed by atoms with E-state index in [0.717, 1.165) is 0 Å². The number of nitrogens with zero attached hydrogens (tertiary/aromatic N) is 2. The lowest BCUT2D eigenvalue weighted by molar-refractivity contribution is -0.119. The molecule has 29 heavy (non-hydrogen) atoms. The maximum atomic E-state index is 12.9. The van der Waals surface area contributed by atoms with Crippen molar-refractivity contribution in [3.63, 3.8) is 0 Å². The zero-order valence-corrected chi connectivity index (χ0v) is 16.9. The number of aromatic nitrogens is 2. The predicted molar refractivity (Wildman–Crippen MR) is 105 cm³/mol. The standard InChI is InChI=1S/C19H19N3O6S/c1-10-7-20-19-22(16(10)24)8-12(9-29-19)15(23)21-14-6-11(17(25)27-2)4-5-13(14)18(26)28-3/h4-7,12H,8-9H2,1-3H3,(H,21,23). The first kappa shape index (κ1) is 20.6. The Labute approximate surface area is 170 Å². The lowest BCUT2D eigenvalue weighted by Gasteiger charge is -2.24. The van der Waals surface area contributed by atoms with Gasteiger partial charge in [0.25, 0.3) is 5.56 Å². The van der Waals surface area contributed by atoms with Crippen molar-refractivity contribution in [1.29, 1.82) is 0 Å². The Hall–Kier alpha value is -3.14. The number of rotatable bonds is 4. The molecule has 0 bridgehead atoms. The maximum Gasteiger partial charge on any atom is 0.339 e. The Morgan fingerprint density at radius 3 is 2.62 bits per heavy atom. The Balaban J connectivity index is 1.88. The number of nitrogens with one attached hydrogen (secondary N) is 1. The van der Waals surface area contributed by atoms with Crippen molar-refractivity contribution in [3.05, 3.63) is 51.4 Å². The van der Waals surface area contributed by atoms with E-state index in [1.807, 2.05) is 0 Å². The number of carbonyl (C=O) groups excluding carboxylic acids is 3. The van der Waals surface area contributed by atoms with Crippen molar-refractivity contribution in [3.8, 4) is 0 Å². The van der Waals surface area contributed by atoms with Crippen LogP contribution in [-0.2, 0) is 20.8 Å². The van der Waals surface area contributed by atoms with Crippen LogP contribution in [0.1, 0.15) is 26.3 Å². The van der Waals surface area contributed by atoms with Gasteiger partial charge in [-0.1, -0.05) is 11.8 Å². The minimum absolute atomic E-state index is 0.104. The molecule has 0 saturated carbocycles. The second-order valence-electron chi connectivity index (χ2n) is 6.38. The molecule has 152 valence electrons. The van der Waals surface area contributed by atoms with E-state index in [1.165, 1.54) is 54.9 Å². The van der Waals surface area contributed by atoms with E-state index < -0.39 is 17.9 Å². The van der Waals surface area contributed by atoms with E-state index in [2.05, 4.69) is 15.0 Å². The number of aryl methyl sites for hydroxylation is 1. The molecule has 1 unspecified atom stereocenters. The number of carbonyl (C=O) groups is 3. The second kappa shape index (κ2) is 8.48. The first-order chi connectivity index (χ1) is 13.8. The maximum absolute atomic E-state index is 12.9. The molecule has 2 heterocycles. The molecular weight excluding hydrogens is 398 g/mol. The van der Waals surface area contributed by atoms with Gasteiger partial charge in [0, 0.05) is 24.1 Å². The van der Waals surface area contributed by atoms with Crippen LogP contribution in [-0.4, -0.2) is 47.4 Å². The molecule has 0 radical (unpaired) electrons. The van der Waals surface area contributed by atoms with Crippen molar-refractivity contribution in [2.45, 2.75) is 18.6 Å². The molecule has 9 nitrogen and oxygen atoms in total. The fraction of sp³-hybridized carbons (Fsp3) is 0.316. The highest BCUT2D eigenvalue weighted by Gasteiger charge is 2.28. The van der Waals surface area contributed by atoms with Gasteiger partial charge in [-0.3, -0.25) is 14.2 Å². The number of hydrogen-bond donors (Lipinski definition) is 1. The molecule has 3 rings (SSSR count). The summed E-state index contributed by atoms with van der Waals surface area (Å²) >= 11 is 1.31. The summed E-state index contributed by atoms with van der Waals surface area (Å²) in [7, 11) is 2.46. The van der Waals surface area contributed by atoms with E-state index >= 15 is 0 Å². The van der Waals surface area contributed by atoms with E-state index in [-0.39, 0.29) is 34.8 Å². The molecule has 1 aliphatic heterocycles. The fourth-order valence-corrected chi connectivity index (χ4v) is 3.92. The van der Waals surface area contributed by atoms with Crippen molar-refractivity contribution in [2.75, 3.05) is 25.3 Å². The monoisotopic (exact) mass is 417 g/mol. The van der Waals surface area contributed by atoms with Gasteiger partial charge >= 0.3 is 11.9 Å². The van der Waals surface area contributed by atoms with Crippen LogP contribution in [0.5, 0.6) is 0 Å². The van der Waals surface area contributed by atoms with Crippen molar-refractivity contribution < 1.29 is 23.9 Å². The first-order valence-electron chi connectivity index (χ1n) is 8.66. The summed E-state index contributed by atoms with van der Waals surface area (Å²) in [6.45, 7) is 1.84. The number of fused-ring (bicyclic) bond motifs is 1. The highest BCUT2D eigenvalue weighted by atomic mass is 32.2. The molecule has 1 amide bonds. The average molecular weight is 417 g/mol. The largest absolute Gasteiger partial charge is 0.465 e. The third-order valence-electron chi connectivity index (χ3n) is 4.47. The SMILES string of the molecule is COC(=O)c1ccc(C(=O)OC)c(NC(=O)C2CSc3ncc(C)c(=O)n3C2)c1. The normalized spacial score (nSPS) is 15.2. The van der Waals surface area contributed by atoms with Gasteiger partial charge in [-0.2, -0.15) is 0 Å². The van der Waals surface area contributed by atoms with Crippen molar-refractivity contribution in [1.82, 2.24) is 9.55 Å². The topological polar surface area (TPSA) is 117 Å². The molecule has 1 aromatic carbocycles. The molecule has 0 aliphatic carbocycles. The third kappa shape index (κ3) is 4.16. The van der Waals surface area contributed by atoms with Crippen molar-refractivity contribution >= 4 is 35.3 Å². The summed E-state index contributed by atoms with van der Waals surface area (Å²) in [5.41, 5.74) is 0.717. The Bertz CT molecular complexity index is 1050. The van der Waals surface area contributed by atoms with E-state index in [4.69, 9.17) is 4.74 Å². The number of esters is 2. The van der Waals surface area contributed by atoms with Crippen LogP contribution < -0.4 is 10.9 Å². The molecule has 0 saturated heterocycles. The Kier molecular flexibility index (Phi) is 6.02. The van der Waals surface area contributed by atoms with Crippen LogP contribution in [0.4, 0.5) is 5.69 Å². The van der Waals surface area contributed by atoms with Crippen LogP contribution >= 0.6 is 11.8 Å². The van der Waals surface area contributed by atoms with Gasteiger partial charge in [0.2, 0.25) is 5.91 Å². The van der Waals surface area contributed by atoms with E-state index in [9.17, 15) is 19.2 Å². The van der Waals surface area contributed by atoms with Crippen molar-refractivity contribution in [2.24, 2.45) is 5.92 Å². The summed E-state index contributed by atoms with van der Waals surface area (Å²) in [4.78, 5) is 53.3. The summed E-state index contributed by atoms with van der Waals surface area (Å²) in [5, 5.41) is 3.25. The van der Waals surface area contributed by atoms with Gasteiger partial charge < -0.3 is 14.8 Å². The quantitative estimate of drug-likeness (QED) is 0.587. The molecule has 0 fully saturated rings. The summed E-state index contributed by atoms with van der Waals surface area (Å²) in [5.74, 6) is -1.75. The highest BCUT2D eigenvalue weighted by molar-refractivity contribution is 7.99. The number of hydrogen-bond acceptors (Lipinski definition) is 8. The van der Waals surface area contributed by atoms with Gasteiger partial charge in [-0.15, -0.1) is 0 Å². The van der Waals surface area contributed by atoms with Gasteiger partial charge in [-0.25, -0.2) is 14.6 Å². The molecule has 0 spiro atoms. The van der Waals surface area contributed by atoms with E-state index in [1.54, 1.807) is 6.92 Å². The lowest BCUT2D eigenvalue weighted by Crippen LogP contribution is -2.37. The minimum atomic E-state index is -0.656. The molecular formula is C19H19N3O6S. The van der Waals surface area contributed by atoms with Gasteiger partial charge in [0.15, 0.2) is 5.16 Å². The zero-order valence-electron chi connectivity index (χ0n) is 16.1. The average Bonchev–Trinajstić information content (AvgIpc) is 2.74. The van der Waals surface area contributed by atoms with Crippen LogP contribution in [0.15, 0.2) is 34.3 Å². The van der Waals surface area contributed by atoms with E-state index in [0.29, 0.717) is 16.5 Å². The number of benzene rings is 1. The summed E-state index contributed by atoms with van der Waals surface area (Å²) in [6.07, 6.45) is 1.52. The number of methoxy groups -OCH3 is 2. The Morgan fingerprint density at radius 1 is 1.21 bits per heavy atom. The number of ether oxygens (including phenoxy) is 2. The van der Waals surface area contributed by atoms with Crippen LogP contribution in [0.25, 0.3) is 0 Å². The Morgan fingerprint density at radius 2 is 1.93 bits per heavy atom. The molecule has 2 aromatic rings. The number of anilines is 1. The smallest absolute Gasteiger partial charge is 0.339 e. The summed E-state index contributed by atoms with van der Waals surface area (Å²) in [6, 6.07) is 4.16.